The average Bonchev–Trinajstić information content (AvgIpc) is 2.93. The topological polar surface area (TPSA) is 97.4 Å². The summed E-state index contributed by atoms with van der Waals surface area (Å²) in [6.07, 6.45) is 1.61. The monoisotopic (exact) mass is 569 g/mol. The maximum Gasteiger partial charge on any atom is 0.255 e. The number of pyridine rings is 1. The molecule has 0 bridgehead atoms. The average molecular weight is 570 g/mol. The predicted molar refractivity (Wildman–Crippen MR) is 158 cm³/mol. The van der Waals surface area contributed by atoms with Crippen molar-refractivity contribution in [2.24, 2.45) is 0 Å². The number of aromatic nitrogens is 1. The van der Waals surface area contributed by atoms with Gasteiger partial charge in [-0.1, -0.05) is 48.5 Å². The molecule has 41 heavy (non-hydrogen) atoms. The molecule has 0 aliphatic heterocycles. The van der Waals surface area contributed by atoms with E-state index in [0.717, 1.165) is 10.8 Å². The fourth-order valence-electron chi connectivity index (χ4n) is 4.36. The largest absolute Gasteiger partial charge is 0.436 e. The van der Waals surface area contributed by atoms with Gasteiger partial charge in [0.25, 0.3) is 5.91 Å². The molecule has 5 aromatic rings. The number of sulfonamides is 1. The van der Waals surface area contributed by atoms with Gasteiger partial charge in [0.2, 0.25) is 15.9 Å². The maximum absolute atomic E-state index is 14.2. The molecule has 1 heterocycles. The summed E-state index contributed by atoms with van der Waals surface area (Å²) in [6.45, 7) is 5.32. The van der Waals surface area contributed by atoms with Gasteiger partial charge in [-0.3, -0.25) is 4.79 Å². The third-order valence-electron chi connectivity index (χ3n) is 6.11. The van der Waals surface area contributed by atoms with Crippen LogP contribution < -0.4 is 14.8 Å². The standard InChI is InChI=1S/C32H28FN3O4S/c1-32(2,3)36-41(38,39)29-11-7-6-9-25(29)22-12-14-23(15-13-22)30(37)35-27-20-24(33)16-17-28(27)40-31-26-10-5-4-8-21(26)18-19-34-31/h4-20,36H,1-3H3,(H,35,37). The molecular formula is C32H28FN3O4S. The second-order valence-corrected chi connectivity index (χ2v) is 12.1. The van der Waals surface area contributed by atoms with Crippen LogP contribution in [0.1, 0.15) is 31.1 Å². The molecule has 1 aromatic heterocycles. The molecule has 5 rings (SSSR count). The highest BCUT2D eigenvalue weighted by Crippen LogP contribution is 2.34. The minimum absolute atomic E-state index is 0.135. The predicted octanol–water partition coefficient (Wildman–Crippen LogP) is 7.16. The van der Waals surface area contributed by atoms with E-state index in [4.69, 9.17) is 4.74 Å². The Morgan fingerprint density at radius 3 is 2.34 bits per heavy atom. The van der Waals surface area contributed by atoms with Crippen LogP contribution in [0.4, 0.5) is 10.1 Å². The lowest BCUT2D eigenvalue weighted by atomic mass is 10.0. The molecule has 1 amide bonds. The van der Waals surface area contributed by atoms with E-state index in [0.29, 0.717) is 22.6 Å². The number of amides is 1. The Bertz CT molecular complexity index is 1840. The molecule has 7 nitrogen and oxygen atoms in total. The van der Waals surface area contributed by atoms with Gasteiger partial charge in [-0.2, -0.15) is 0 Å². The van der Waals surface area contributed by atoms with Crippen LogP contribution in [0.5, 0.6) is 11.6 Å². The van der Waals surface area contributed by atoms with Crippen molar-refractivity contribution in [2.45, 2.75) is 31.2 Å². The number of ether oxygens (including phenoxy) is 1. The zero-order valence-electron chi connectivity index (χ0n) is 22.7. The number of carbonyl (C=O) groups excluding carboxylic acids is 1. The van der Waals surface area contributed by atoms with Gasteiger partial charge in [-0.05, 0) is 74.2 Å². The van der Waals surface area contributed by atoms with Crippen LogP contribution in [0.3, 0.4) is 0 Å². The third kappa shape index (κ3) is 6.42. The van der Waals surface area contributed by atoms with Crippen molar-refractivity contribution in [2.75, 3.05) is 5.32 Å². The van der Waals surface area contributed by atoms with E-state index in [1.165, 1.54) is 18.2 Å². The van der Waals surface area contributed by atoms with Crippen LogP contribution in [-0.4, -0.2) is 24.8 Å². The molecule has 0 atom stereocenters. The van der Waals surface area contributed by atoms with Crippen LogP contribution in [0.25, 0.3) is 21.9 Å². The van der Waals surface area contributed by atoms with Gasteiger partial charge >= 0.3 is 0 Å². The molecule has 4 aromatic carbocycles. The van der Waals surface area contributed by atoms with Crippen molar-refractivity contribution >= 4 is 32.4 Å². The van der Waals surface area contributed by atoms with Gasteiger partial charge in [0, 0.05) is 34.3 Å². The number of nitrogens with zero attached hydrogens (tertiary/aromatic N) is 1. The van der Waals surface area contributed by atoms with Gasteiger partial charge in [0.05, 0.1) is 10.6 Å². The Morgan fingerprint density at radius 1 is 0.878 bits per heavy atom. The Labute approximate surface area is 238 Å². The highest BCUT2D eigenvalue weighted by Gasteiger charge is 2.25. The van der Waals surface area contributed by atoms with Crippen molar-refractivity contribution in [3.63, 3.8) is 0 Å². The number of nitrogens with one attached hydrogen (secondary N) is 2. The van der Waals surface area contributed by atoms with Crippen molar-refractivity contribution in [1.29, 1.82) is 0 Å². The smallest absolute Gasteiger partial charge is 0.255 e. The first-order chi connectivity index (χ1) is 19.5. The summed E-state index contributed by atoms with van der Waals surface area (Å²) in [6, 6.07) is 26.4. The van der Waals surface area contributed by atoms with E-state index in [1.807, 2.05) is 30.3 Å². The fraction of sp³-hybridized carbons (Fsp3) is 0.125. The zero-order valence-corrected chi connectivity index (χ0v) is 23.5. The maximum atomic E-state index is 14.2. The van der Waals surface area contributed by atoms with E-state index in [1.54, 1.807) is 75.5 Å². The van der Waals surface area contributed by atoms with Crippen LogP contribution in [0.15, 0.2) is 108 Å². The molecule has 2 N–H and O–H groups in total. The highest BCUT2D eigenvalue weighted by molar-refractivity contribution is 7.89. The van der Waals surface area contributed by atoms with Gasteiger partial charge in [0.15, 0.2) is 5.75 Å². The number of fused-ring (bicyclic) bond motifs is 1. The van der Waals surface area contributed by atoms with E-state index in [9.17, 15) is 17.6 Å². The molecular weight excluding hydrogens is 541 g/mol. The second kappa shape index (κ2) is 11.1. The van der Waals surface area contributed by atoms with Crippen LogP contribution in [-0.2, 0) is 10.0 Å². The number of carbonyl (C=O) groups is 1. The SMILES string of the molecule is CC(C)(C)NS(=O)(=O)c1ccccc1-c1ccc(C(=O)Nc2cc(F)ccc2Oc2nccc3ccccc23)cc1. The summed E-state index contributed by atoms with van der Waals surface area (Å²) >= 11 is 0. The Kier molecular flexibility index (Phi) is 7.57. The molecule has 0 aliphatic rings. The molecule has 9 heteroatoms. The molecule has 208 valence electrons. The molecule has 0 radical (unpaired) electrons. The van der Waals surface area contributed by atoms with Crippen molar-refractivity contribution in [3.05, 3.63) is 115 Å². The van der Waals surface area contributed by atoms with Crippen LogP contribution >= 0.6 is 0 Å². The van der Waals surface area contributed by atoms with Crippen molar-refractivity contribution in [3.8, 4) is 22.8 Å². The number of rotatable bonds is 7. The Balaban J connectivity index is 1.40. The minimum atomic E-state index is -3.80. The number of benzene rings is 4. The van der Waals surface area contributed by atoms with Gasteiger partial charge in [0.1, 0.15) is 5.82 Å². The lowest BCUT2D eigenvalue weighted by Gasteiger charge is -2.21. The molecule has 0 saturated carbocycles. The van der Waals surface area contributed by atoms with E-state index < -0.39 is 27.3 Å². The van der Waals surface area contributed by atoms with Crippen LogP contribution in [0, 0.1) is 5.82 Å². The molecule has 0 unspecified atom stereocenters. The summed E-state index contributed by atoms with van der Waals surface area (Å²) in [5.74, 6) is -0.487. The quantitative estimate of drug-likeness (QED) is 0.217. The first-order valence-electron chi connectivity index (χ1n) is 12.9. The number of anilines is 1. The summed E-state index contributed by atoms with van der Waals surface area (Å²) in [4.78, 5) is 17.6. The minimum Gasteiger partial charge on any atom is -0.436 e. The lowest BCUT2D eigenvalue weighted by molar-refractivity contribution is 0.102. The van der Waals surface area contributed by atoms with Gasteiger partial charge in [-0.25, -0.2) is 22.5 Å². The summed E-state index contributed by atoms with van der Waals surface area (Å²) in [7, 11) is -3.80. The third-order valence-corrected chi connectivity index (χ3v) is 7.92. The van der Waals surface area contributed by atoms with Crippen molar-refractivity contribution < 1.29 is 22.3 Å². The lowest BCUT2D eigenvalue weighted by Crippen LogP contribution is -2.40. The first kappa shape index (κ1) is 27.9. The normalized spacial score (nSPS) is 11.8. The summed E-state index contributed by atoms with van der Waals surface area (Å²) in [5.41, 5.74) is 0.892. The van der Waals surface area contributed by atoms with Crippen molar-refractivity contribution in [1.82, 2.24) is 9.71 Å². The second-order valence-electron chi connectivity index (χ2n) is 10.5. The highest BCUT2D eigenvalue weighted by atomic mass is 32.2. The summed E-state index contributed by atoms with van der Waals surface area (Å²) < 4.78 is 49.0. The van der Waals surface area contributed by atoms with Crippen LogP contribution in [0.2, 0.25) is 0 Å². The Morgan fingerprint density at radius 2 is 1.59 bits per heavy atom. The van der Waals surface area contributed by atoms with E-state index in [2.05, 4.69) is 15.0 Å². The number of halogens is 1. The first-order valence-corrected chi connectivity index (χ1v) is 14.3. The van der Waals surface area contributed by atoms with Gasteiger partial charge in [-0.15, -0.1) is 0 Å². The molecule has 0 fully saturated rings. The molecule has 0 saturated heterocycles. The van der Waals surface area contributed by atoms with Gasteiger partial charge < -0.3 is 10.1 Å². The molecule has 0 spiro atoms. The van der Waals surface area contributed by atoms with E-state index >= 15 is 0 Å². The fourth-order valence-corrected chi connectivity index (χ4v) is 6.01. The number of hydrogen-bond donors (Lipinski definition) is 2. The summed E-state index contributed by atoms with van der Waals surface area (Å²) in [5, 5.41) is 4.41. The van der Waals surface area contributed by atoms with E-state index in [-0.39, 0.29) is 16.3 Å². The molecule has 0 aliphatic carbocycles. The number of hydrogen-bond acceptors (Lipinski definition) is 5. The zero-order chi connectivity index (χ0) is 29.2. The Hall–Kier alpha value is -4.60.